The molecule has 1 aliphatic rings. The number of hydrogen-bond acceptors (Lipinski definition) is 5. The van der Waals surface area contributed by atoms with Crippen molar-refractivity contribution in [2.75, 3.05) is 0 Å². The quantitative estimate of drug-likeness (QED) is 0.860. The average Bonchev–Trinajstić information content (AvgIpc) is 2.80. The monoisotopic (exact) mass is 249 g/mol. The summed E-state index contributed by atoms with van der Waals surface area (Å²) in [4.78, 5) is 17.4. The van der Waals surface area contributed by atoms with Crippen LogP contribution in [0.4, 0.5) is 0 Å². The van der Waals surface area contributed by atoms with Crippen LogP contribution in [0.2, 0.25) is 0 Å². The number of carbonyl (C=O) groups excluding carboxylic acids is 1. The van der Waals surface area contributed by atoms with Crippen molar-refractivity contribution in [2.45, 2.75) is 26.3 Å². The minimum Gasteiger partial charge on any atom is -0.370 e. The van der Waals surface area contributed by atoms with Crippen molar-refractivity contribution in [3.05, 3.63) is 33.7 Å². The first-order valence-corrected chi connectivity index (χ1v) is 6.39. The van der Waals surface area contributed by atoms with Gasteiger partial charge in [0.2, 0.25) is 0 Å². The molecule has 0 amide bonds. The molecule has 17 heavy (non-hydrogen) atoms. The molecule has 0 fully saturated rings. The molecule has 0 spiro atoms. The molecule has 0 radical (unpaired) electrons. The molecule has 3 N–H and O–H groups in total. The fourth-order valence-electron chi connectivity index (χ4n) is 1.91. The molecule has 0 bridgehead atoms. The Hall–Kier alpha value is -1.62. The summed E-state index contributed by atoms with van der Waals surface area (Å²) in [6, 6.07) is 3.69. The number of aliphatic imine (C=N–C) groups is 1. The van der Waals surface area contributed by atoms with Gasteiger partial charge < -0.3 is 11.1 Å². The van der Waals surface area contributed by atoms with Crippen LogP contribution in [0.5, 0.6) is 0 Å². The molecule has 1 aliphatic heterocycles. The van der Waals surface area contributed by atoms with Gasteiger partial charge in [0.25, 0.3) is 0 Å². The first-order valence-electron chi connectivity index (χ1n) is 5.51. The van der Waals surface area contributed by atoms with Gasteiger partial charge in [-0.15, -0.1) is 11.3 Å². The van der Waals surface area contributed by atoms with Gasteiger partial charge in [-0.3, -0.25) is 4.79 Å². The molecule has 0 aliphatic carbocycles. The lowest BCUT2D eigenvalue weighted by Crippen LogP contribution is -2.36. The number of Topliss-reactive ketones (excluding diaryl/α,β-unsaturated/α-hetero) is 1. The molecule has 2 rings (SSSR count). The predicted octanol–water partition coefficient (Wildman–Crippen LogP) is 1.96. The topological polar surface area (TPSA) is 67.5 Å². The van der Waals surface area contributed by atoms with Crippen LogP contribution in [0.1, 0.15) is 31.2 Å². The van der Waals surface area contributed by atoms with Crippen LogP contribution in [0.3, 0.4) is 0 Å². The number of nitrogens with zero attached hydrogens (tertiary/aromatic N) is 1. The summed E-state index contributed by atoms with van der Waals surface area (Å²) in [5.41, 5.74) is 7.26. The number of ketones is 1. The maximum atomic E-state index is 12.0. The molecule has 0 aromatic carbocycles. The second-order valence-electron chi connectivity index (χ2n) is 3.87. The summed E-state index contributed by atoms with van der Waals surface area (Å²) in [5.74, 6) is 0.484. The average molecular weight is 249 g/mol. The maximum absolute atomic E-state index is 12.0. The number of nitrogens with one attached hydrogen (secondary N) is 1. The second-order valence-corrected chi connectivity index (χ2v) is 4.85. The van der Waals surface area contributed by atoms with Gasteiger partial charge in [0.15, 0.2) is 11.7 Å². The lowest BCUT2D eigenvalue weighted by atomic mass is 9.97. The van der Waals surface area contributed by atoms with E-state index in [2.05, 4.69) is 10.3 Å². The molecule has 1 atom stereocenters. The third-order valence-electron chi connectivity index (χ3n) is 2.70. The van der Waals surface area contributed by atoms with Crippen molar-refractivity contribution < 1.29 is 4.79 Å². The minimum absolute atomic E-state index is 0.115. The van der Waals surface area contributed by atoms with E-state index in [9.17, 15) is 4.79 Å². The van der Waals surface area contributed by atoms with E-state index < -0.39 is 0 Å². The number of hydrogen-bond donors (Lipinski definition) is 2. The van der Waals surface area contributed by atoms with Crippen LogP contribution < -0.4 is 11.1 Å². The van der Waals surface area contributed by atoms with Crippen molar-refractivity contribution >= 4 is 23.1 Å². The predicted molar refractivity (Wildman–Crippen MR) is 69.8 cm³/mol. The Morgan fingerprint density at radius 2 is 2.41 bits per heavy atom. The van der Waals surface area contributed by atoms with Crippen molar-refractivity contribution in [1.82, 2.24) is 5.32 Å². The Bertz CT molecular complexity index is 488. The largest absolute Gasteiger partial charge is 0.370 e. The Morgan fingerprint density at radius 1 is 1.65 bits per heavy atom. The number of nitrogens with two attached hydrogens (primary N) is 1. The van der Waals surface area contributed by atoms with Gasteiger partial charge in [0.1, 0.15) is 6.04 Å². The van der Waals surface area contributed by atoms with E-state index in [0.29, 0.717) is 12.4 Å². The maximum Gasteiger partial charge on any atom is 0.193 e. The Labute approximate surface area is 104 Å². The standard InChI is InChI=1S/C12H15N3OS/c1-3-8(16)10-7(2)14-12(13)15-11(10)9-5-4-6-17-9/h4-6,11H,3H2,1-2H3,(H3,13,14,15). The van der Waals surface area contributed by atoms with E-state index in [1.165, 1.54) is 0 Å². The summed E-state index contributed by atoms with van der Waals surface area (Å²) in [7, 11) is 0. The van der Waals surface area contributed by atoms with Gasteiger partial charge >= 0.3 is 0 Å². The van der Waals surface area contributed by atoms with Crippen molar-refractivity contribution in [2.24, 2.45) is 10.7 Å². The van der Waals surface area contributed by atoms with Crippen LogP contribution in [-0.2, 0) is 4.79 Å². The van der Waals surface area contributed by atoms with Crippen molar-refractivity contribution in [1.29, 1.82) is 0 Å². The van der Waals surface area contributed by atoms with Gasteiger partial charge in [-0.25, -0.2) is 4.99 Å². The Balaban J connectivity index is 2.45. The van der Waals surface area contributed by atoms with Crippen LogP contribution in [0, 0.1) is 0 Å². The highest BCUT2D eigenvalue weighted by Crippen LogP contribution is 2.33. The molecule has 0 saturated heterocycles. The van der Waals surface area contributed by atoms with Gasteiger partial charge in [0, 0.05) is 22.6 Å². The third kappa shape index (κ3) is 2.24. The molecule has 90 valence electrons. The lowest BCUT2D eigenvalue weighted by Gasteiger charge is -2.23. The van der Waals surface area contributed by atoms with Gasteiger partial charge in [-0.1, -0.05) is 13.0 Å². The van der Waals surface area contributed by atoms with Crippen LogP contribution in [0.15, 0.2) is 33.8 Å². The zero-order valence-electron chi connectivity index (χ0n) is 9.86. The van der Waals surface area contributed by atoms with Crippen molar-refractivity contribution in [3.8, 4) is 0 Å². The van der Waals surface area contributed by atoms with E-state index in [4.69, 9.17) is 5.73 Å². The summed E-state index contributed by atoms with van der Waals surface area (Å²) < 4.78 is 0. The number of rotatable bonds is 3. The molecule has 1 aromatic rings. The van der Waals surface area contributed by atoms with Gasteiger partial charge in [-0.05, 0) is 18.4 Å². The van der Waals surface area contributed by atoms with Crippen LogP contribution >= 0.6 is 11.3 Å². The SMILES string of the molecule is CCC(=O)C1=C(C)NC(N)=NC1c1cccs1. The van der Waals surface area contributed by atoms with E-state index in [-0.39, 0.29) is 11.8 Å². The molecular weight excluding hydrogens is 234 g/mol. The smallest absolute Gasteiger partial charge is 0.193 e. The normalized spacial score (nSPS) is 19.9. The van der Waals surface area contributed by atoms with Crippen LogP contribution in [-0.4, -0.2) is 11.7 Å². The summed E-state index contributed by atoms with van der Waals surface area (Å²) in [5, 5.41) is 4.91. The fraction of sp³-hybridized carbons (Fsp3) is 0.333. The molecule has 1 unspecified atom stereocenters. The molecule has 1 aromatic heterocycles. The zero-order valence-corrected chi connectivity index (χ0v) is 10.7. The highest BCUT2D eigenvalue weighted by Gasteiger charge is 2.27. The number of carbonyl (C=O) groups is 1. The molecule has 0 saturated carbocycles. The molecular formula is C12H15N3OS. The third-order valence-corrected chi connectivity index (χ3v) is 3.62. The number of allylic oxidation sites excluding steroid dienone is 1. The summed E-state index contributed by atoms with van der Waals surface area (Å²) in [6.45, 7) is 3.72. The van der Waals surface area contributed by atoms with Gasteiger partial charge in [0.05, 0.1) is 0 Å². The summed E-state index contributed by atoms with van der Waals surface area (Å²) >= 11 is 1.59. The highest BCUT2D eigenvalue weighted by molar-refractivity contribution is 7.10. The fourth-order valence-corrected chi connectivity index (χ4v) is 2.68. The number of thiophene rings is 1. The molecule has 2 heterocycles. The van der Waals surface area contributed by atoms with Crippen molar-refractivity contribution in [3.63, 3.8) is 0 Å². The van der Waals surface area contributed by atoms with E-state index >= 15 is 0 Å². The van der Waals surface area contributed by atoms with Gasteiger partial charge in [-0.2, -0.15) is 0 Å². The Kier molecular flexibility index (Phi) is 3.28. The number of guanidine groups is 1. The first kappa shape index (κ1) is 11.9. The van der Waals surface area contributed by atoms with Crippen LogP contribution in [0.25, 0.3) is 0 Å². The lowest BCUT2D eigenvalue weighted by molar-refractivity contribution is -0.115. The first-order chi connectivity index (χ1) is 8.13. The van der Waals surface area contributed by atoms with E-state index in [1.54, 1.807) is 11.3 Å². The minimum atomic E-state index is -0.247. The molecule has 5 heteroatoms. The summed E-state index contributed by atoms with van der Waals surface area (Å²) in [6.07, 6.45) is 0.478. The highest BCUT2D eigenvalue weighted by atomic mass is 32.1. The molecule has 4 nitrogen and oxygen atoms in total. The second kappa shape index (κ2) is 4.71. The van der Waals surface area contributed by atoms with E-state index in [1.807, 2.05) is 31.4 Å². The zero-order chi connectivity index (χ0) is 12.4. The Morgan fingerprint density at radius 3 is 3.00 bits per heavy atom. The van der Waals surface area contributed by atoms with E-state index in [0.717, 1.165) is 16.1 Å².